The summed E-state index contributed by atoms with van der Waals surface area (Å²) in [7, 11) is 0. The van der Waals surface area contributed by atoms with Crippen molar-refractivity contribution in [3.8, 4) is 22.3 Å². The van der Waals surface area contributed by atoms with Crippen LogP contribution in [-0.4, -0.2) is 0 Å². The number of hydrogen-bond donors (Lipinski definition) is 0. The molecule has 0 fully saturated rings. The zero-order chi connectivity index (χ0) is 34.9. The van der Waals surface area contributed by atoms with Gasteiger partial charge in [0.05, 0.1) is 22.1 Å². The second-order valence-corrected chi connectivity index (χ2v) is 13.6. The quantitative estimate of drug-likeness (QED) is 0.170. The molecule has 0 saturated heterocycles. The van der Waals surface area contributed by atoms with Crippen LogP contribution < -0.4 is 4.90 Å². The van der Waals surface area contributed by atoms with E-state index in [1.165, 1.54) is 21.5 Å². The lowest BCUT2D eigenvalue weighted by atomic mass is 9.98. The van der Waals surface area contributed by atoms with Crippen LogP contribution in [0.25, 0.3) is 87.7 Å². The monoisotopic (exact) mass is 677 g/mol. The van der Waals surface area contributed by atoms with Gasteiger partial charge >= 0.3 is 0 Å². The number of benzene rings is 9. The molecule has 0 saturated carbocycles. The maximum atomic E-state index is 6.79. The van der Waals surface area contributed by atoms with E-state index in [4.69, 9.17) is 8.83 Å². The molecule has 9 aromatic carbocycles. The standard InChI is InChI=1S/C50H31NO2/c1-3-13-32(14-4-1)39-20-11-21-42-47-43(22-12-24-46(47)53-49(39)42)51(36-27-28-38-35(31-36)26-25-34-17-7-8-18-37(34)38)44-30-29-40(33-15-5-2-6-16-33)50-48(44)41-19-9-10-23-45(41)52-50/h1-31H. The molecule has 0 spiro atoms. The van der Waals surface area contributed by atoms with E-state index in [1.807, 2.05) is 12.1 Å². The SMILES string of the molecule is c1ccc(-c2cccc3c2oc2cccc(N(c4ccc5c(ccc6ccccc65)c4)c4ccc(-c5ccccc5)c5oc6ccccc6c45)c23)cc1. The molecule has 0 unspecified atom stereocenters. The molecule has 2 aromatic heterocycles. The predicted molar refractivity (Wildman–Crippen MR) is 222 cm³/mol. The number of anilines is 3. The van der Waals surface area contributed by atoms with Crippen LogP contribution in [0.15, 0.2) is 197 Å². The van der Waals surface area contributed by atoms with Gasteiger partial charge in [-0.3, -0.25) is 0 Å². The smallest absolute Gasteiger partial charge is 0.145 e. The average molecular weight is 678 g/mol. The van der Waals surface area contributed by atoms with Gasteiger partial charge in [0.25, 0.3) is 0 Å². The van der Waals surface area contributed by atoms with Gasteiger partial charge in [0.15, 0.2) is 0 Å². The third-order valence-corrected chi connectivity index (χ3v) is 10.6. The van der Waals surface area contributed by atoms with Crippen LogP contribution in [-0.2, 0) is 0 Å². The first kappa shape index (κ1) is 29.6. The summed E-state index contributed by atoms with van der Waals surface area (Å²) in [6.07, 6.45) is 0. The predicted octanol–water partition coefficient (Wildman–Crippen LogP) is 14.6. The molecular formula is C50H31NO2. The van der Waals surface area contributed by atoms with Crippen molar-refractivity contribution in [3.05, 3.63) is 188 Å². The maximum Gasteiger partial charge on any atom is 0.145 e. The van der Waals surface area contributed by atoms with Crippen LogP contribution in [0.3, 0.4) is 0 Å². The van der Waals surface area contributed by atoms with Gasteiger partial charge in [0, 0.05) is 27.6 Å². The van der Waals surface area contributed by atoms with Crippen LogP contribution in [0.2, 0.25) is 0 Å². The molecule has 0 aliphatic heterocycles. The Hall–Kier alpha value is -7.10. The van der Waals surface area contributed by atoms with E-state index in [2.05, 4.69) is 181 Å². The van der Waals surface area contributed by atoms with Crippen molar-refractivity contribution in [1.82, 2.24) is 0 Å². The van der Waals surface area contributed by atoms with Gasteiger partial charge in [-0.15, -0.1) is 0 Å². The van der Waals surface area contributed by atoms with Crippen LogP contribution in [0.1, 0.15) is 0 Å². The Morgan fingerprint density at radius 1 is 0.340 bits per heavy atom. The average Bonchev–Trinajstić information content (AvgIpc) is 3.81. The van der Waals surface area contributed by atoms with Crippen LogP contribution in [0.4, 0.5) is 17.1 Å². The number of hydrogen-bond acceptors (Lipinski definition) is 3. The molecule has 0 aliphatic carbocycles. The highest BCUT2D eigenvalue weighted by Crippen LogP contribution is 2.50. The molecule has 2 heterocycles. The topological polar surface area (TPSA) is 29.5 Å². The van der Waals surface area contributed by atoms with E-state index in [0.717, 1.165) is 83.2 Å². The van der Waals surface area contributed by atoms with Gasteiger partial charge in [0.1, 0.15) is 22.3 Å². The second-order valence-electron chi connectivity index (χ2n) is 13.6. The summed E-state index contributed by atoms with van der Waals surface area (Å²) in [6, 6.07) is 66.6. The Balaban J connectivity index is 1.25. The zero-order valence-corrected chi connectivity index (χ0v) is 28.7. The van der Waals surface area contributed by atoms with Crippen LogP contribution >= 0.6 is 0 Å². The van der Waals surface area contributed by atoms with E-state index in [9.17, 15) is 0 Å². The van der Waals surface area contributed by atoms with Crippen molar-refractivity contribution in [2.75, 3.05) is 4.90 Å². The number of furan rings is 2. The van der Waals surface area contributed by atoms with E-state index >= 15 is 0 Å². The van der Waals surface area contributed by atoms with Crippen molar-refractivity contribution < 1.29 is 8.83 Å². The highest BCUT2D eigenvalue weighted by atomic mass is 16.3. The van der Waals surface area contributed by atoms with Gasteiger partial charge in [-0.25, -0.2) is 0 Å². The van der Waals surface area contributed by atoms with Gasteiger partial charge < -0.3 is 13.7 Å². The van der Waals surface area contributed by atoms with Crippen LogP contribution in [0.5, 0.6) is 0 Å². The fourth-order valence-electron chi connectivity index (χ4n) is 8.25. The lowest BCUT2D eigenvalue weighted by Gasteiger charge is -2.28. The number of para-hydroxylation sites is 2. The van der Waals surface area contributed by atoms with Crippen molar-refractivity contribution in [2.45, 2.75) is 0 Å². The molecule has 0 bridgehead atoms. The number of rotatable bonds is 5. The molecule has 3 heteroatoms. The fourth-order valence-corrected chi connectivity index (χ4v) is 8.25. The van der Waals surface area contributed by atoms with E-state index in [-0.39, 0.29) is 0 Å². The van der Waals surface area contributed by atoms with E-state index in [1.54, 1.807) is 0 Å². The third-order valence-electron chi connectivity index (χ3n) is 10.6. The van der Waals surface area contributed by atoms with Crippen molar-refractivity contribution in [3.63, 3.8) is 0 Å². The fraction of sp³-hybridized carbons (Fsp3) is 0. The Labute approximate surface area is 305 Å². The lowest BCUT2D eigenvalue weighted by molar-refractivity contribution is 0.670. The summed E-state index contributed by atoms with van der Waals surface area (Å²) < 4.78 is 13.6. The van der Waals surface area contributed by atoms with Crippen LogP contribution in [0, 0.1) is 0 Å². The minimum absolute atomic E-state index is 0.840. The van der Waals surface area contributed by atoms with Gasteiger partial charge in [-0.2, -0.15) is 0 Å². The van der Waals surface area contributed by atoms with E-state index < -0.39 is 0 Å². The highest BCUT2D eigenvalue weighted by molar-refractivity contribution is 6.21. The number of fused-ring (bicyclic) bond motifs is 9. The Kier molecular flexibility index (Phi) is 6.55. The van der Waals surface area contributed by atoms with E-state index in [0.29, 0.717) is 0 Å². The number of nitrogens with zero attached hydrogens (tertiary/aromatic N) is 1. The summed E-state index contributed by atoms with van der Waals surface area (Å²) >= 11 is 0. The molecule has 0 aliphatic rings. The molecule has 0 N–H and O–H groups in total. The summed E-state index contributed by atoms with van der Waals surface area (Å²) in [5.41, 5.74) is 10.9. The molecule has 0 amide bonds. The molecule has 248 valence electrons. The molecule has 0 atom stereocenters. The molecule has 11 rings (SSSR count). The van der Waals surface area contributed by atoms with Gasteiger partial charge in [-0.05, 0) is 75.1 Å². The highest BCUT2D eigenvalue weighted by Gasteiger charge is 2.25. The lowest BCUT2D eigenvalue weighted by Crippen LogP contribution is -2.11. The molecular weight excluding hydrogens is 647 g/mol. The Morgan fingerprint density at radius 3 is 1.77 bits per heavy atom. The third kappa shape index (κ3) is 4.61. The Bertz CT molecular complexity index is 3170. The summed E-state index contributed by atoms with van der Waals surface area (Å²) in [4.78, 5) is 2.40. The molecule has 11 aromatic rings. The molecule has 53 heavy (non-hydrogen) atoms. The van der Waals surface area contributed by atoms with Crippen molar-refractivity contribution in [1.29, 1.82) is 0 Å². The summed E-state index contributed by atoms with van der Waals surface area (Å²) in [5, 5.41) is 9.15. The van der Waals surface area contributed by atoms with Crippen molar-refractivity contribution in [2.24, 2.45) is 0 Å². The summed E-state index contributed by atoms with van der Waals surface area (Å²) in [5.74, 6) is 0. The molecule has 3 nitrogen and oxygen atoms in total. The zero-order valence-electron chi connectivity index (χ0n) is 28.7. The van der Waals surface area contributed by atoms with Gasteiger partial charge in [-0.1, -0.05) is 146 Å². The van der Waals surface area contributed by atoms with Crippen molar-refractivity contribution >= 4 is 82.5 Å². The normalized spacial score (nSPS) is 11.8. The minimum atomic E-state index is 0.840. The first-order chi connectivity index (χ1) is 26.3. The minimum Gasteiger partial charge on any atom is -0.455 e. The maximum absolute atomic E-state index is 6.79. The summed E-state index contributed by atoms with van der Waals surface area (Å²) in [6.45, 7) is 0. The first-order valence-electron chi connectivity index (χ1n) is 18.0. The van der Waals surface area contributed by atoms with Gasteiger partial charge in [0.2, 0.25) is 0 Å². The first-order valence-corrected chi connectivity index (χ1v) is 18.0. The second kappa shape index (κ2) is 11.7. The Morgan fingerprint density at radius 2 is 0.943 bits per heavy atom. The molecule has 0 radical (unpaired) electrons. The largest absolute Gasteiger partial charge is 0.455 e.